The zero-order valence-corrected chi connectivity index (χ0v) is 17.0. The highest BCUT2D eigenvalue weighted by molar-refractivity contribution is 5.92. The largest absolute Gasteiger partial charge is 0.354 e. The van der Waals surface area contributed by atoms with Crippen LogP contribution in [-0.4, -0.2) is 30.0 Å². The molecule has 1 aliphatic carbocycles. The van der Waals surface area contributed by atoms with Crippen LogP contribution in [0.1, 0.15) is 37.2 Å². The number of halogens is 3. The number of carbonyl (C=O) groups excluding carboxylic acids is 1. The zero-order chi connectivity index (χ0) is 21.5. The molecule has 2 aromatic carbocycles. The minimum Gasteiger partial charge on any atom is -0.354 e. The van der Waals surface area contributed by atoms with E-state index in [1.54, 1.807) is 12.1 Å². The molecule has 1 amide bonds. The maximum absolute atomic E-state index is 14.5. The lowest BCUT2D eigenvalue weighted by molar-refractivity contribution is -0.123. The predicted molar refractivity (Wildman–Crippen MR) is 113 cm³/mol. The van der Waals surface area contributed by atoms with Gasteiger partial charge < -0.3 is 15.6 Å². The molecule has 1 saturated carbocycles. The van der Waals surface area contributed by atoms with Gasteiger partial charge in [0.1, 0.15) is 17.5 Å². The van der Waals surface area contributed by atoms with Crippen LogP contribution in [0.4, 0.5) is 13.2 Å². The number of hydrogen-bond donors (Lipinski definition) is 3. The van der Waals surface area contributed by atoms with Crippen LogP contribution in [0.3, 0.4) is 0 Å². The van der Waals surface area contributed by atoms with E-state index < -0.39 is 11.6 Å². The van der Waals surface area contributed by atoms with Gasteiger partial charge in [0.05, 0.1) is 17.3 Å². The monoisotopic (exact) mass is 427 g/mol. The molecule has 31 heavy (non-hydrogen) atoms. The van der Waals surface area contributed by atoms with Crippen LogP contribution in [0.25, 0.3) is 22.2 Å². The van der Waals surface area contributed by atoms with Crippen LogP contribution in [0.5, 0.6) is 0 Å². The summed E-state index contributed by atoms with van der Waals surface area (Å²) < 4.78 is 41.9. The van der Waals surface area contributed by atoms with Gasteiger partial charge in [0.15, 0.2) is 0 Å². The molecule has 1 saturated heterocycles. The quantitative estimate of drug-likeness (QED) is 0.557. The molecule has 0 spiro atoms. The summed E-state index contributed by atoms with van der Waals surface area (Å²) in [5.41, 5.74) is 2.55. The van der Waals surface area contributed by atoms with Crippen LogP contribution in [0.15, 0.2) is 36.4 Å². The number of hydrogen-bond acceptors (Lipinski definition) is 2. The van der Waals surface area contributed by atoms with Crippen molar-refractivity contribution in [2.75, 3.05) is 13.1 Å². The second kappa shape index (κ2) is 8.04. The molecule has 4 nitrogen and oxygen atoms in total. The Morgan fingerprint density at radius 1 is 1.06 bits per heavy atom. The molecular formula is C24H24F3N3O. The number of fused-ring (bicyclic) bond motifs is 1. The van der Waals surface area contributed by atoms with Gasteiger partial charge in [-0.15, -0.1) is 0 Å². The second-order valence-corrected chi connectivity index (χ2v) is 8.66. The topological polar surface area (TPSA) is 56.9 Å². The van der Waals surface area contributed by atoms with Gasteiger partial charge in [0.2, 0.25) is 5.91 Å². The van der Waals surface area contributed by atoms with E-state index in [-0.39, 0.29) is 29.2 Å². The third kappa shape index (κ3) is 3.82. The third-order valence-corrected chi connectivity index (χ3v) is 6.58. The molecule has 5 rings (SSSR count). The van der Waals surface area contributed by atoms with Crippen LogP contribution in [0, 0.1) is 23.4 Å². The highest BCUT2D eigenvalue weighted by Gasteiger charge is 2.35. The summed E-state index contributed by atoms with van der Waals surface area (Å²) in [6.45, 7) is 1.48. The molecule has 162 valence electrons. The van der Waals surface area contributed by atoms with Crippen LogP contribution in [0.2, 0.25) is 0 Å². The highest BCUT2D eigenvalue weighted by Crippen LogP contribution is 2.48. The molecule has 0 bridgehead atoms. The summed E-state index contributed by atoms with van der Waals surface area (Å²) >= 11 is 0. The molecule has 3 N–H and O–H groups in total. The maximum Gasteiger partial charge on any atom is 0.237 e. The molecule has 0 unspecified atom stereocenters. The Morgan fingerprint density at radius 2 is 1.84 bits per heavy atom. The first-order valence-corrected chi connectivity index (χ1v) is 10.8. The minimum absolute atomic E-state index is 0.0455. The van der Waals surface area contributed by atoms with Gasteiger partial charge in [-0.3, -0.25) is 4.79 Å². The van der Waals surface area contributed by atoms with E-state index in [2.05, 4.69) is 15.6 Å². The van der Waals surface area contributed by atoms with Crippen molar-refractivity contribution < 1.29 is 18.0 Å². The van der Waals surface area contributed by atoms with Crippen molar-refractivity contribution in [1.82, 2.24) is 15.6 Å². The van der Waals surface area contributed by atoms with E-state index in [4.69, 9.17) is 0 Å². The number of aromatic amines is 1. The second-order valence-electron chi connectivity index (χ2n) is 8.66. The van der Waals surface area contributed by atoms with E-state index in [1.165, 1.54) is 18.2 Å². The lowest BCUT2D eigenvalue weighted by Crippen LogP contribution is -2.43. The molecule has 1 atom stereocenters. The van der Waals surface area contributed by atoms with Gasteiger partial charge in [0, 0.05) is 18.0 Å². The third-order valence-electron chi connectivity index (χ3n) is 6.58. The number of H-pyrrole nitrogens is 1. The van der Waals surface area contributed by atoms with Gasteiger partial charge in [-0.05, 0) is 85.5 Å². The van der Waals surface area contributed by atoms with Crippen molar-refractivity contribution in [2.45, 2.75) is 37.6 Å². The van der Waals surface area contributed by atoms with Crippen molar-refractivity contribution >= 4 is 16.8 Å². The van der Waals surface area contributed by atoms with Crippen molar-refractivity contribution in [2.24, 2.45) is 5.92 Å². The molecule has 2 heterocycles. The summed E-state index contributed by atoms with van der Waals surface area (Å²) in [6.07, 6.45) is 3.52. The number of benzene rings is 2. The Labute approximate surface area is 178 Å². The first kappa shape index (κ1) is 20.1. The minimum atomic E-state index is -0.642. The molecule has 3 aromatic rings. The maximum atomic E-state index is 14.5. The molecule has 0 radical (unpaired) electrons. The Balaban J connectivity index is 1.38. The van der Waals surface area contributed by atoms with Gasteiger partial charge in [0.25, 0.3) is 0 Å². The van der Waals surface area contributed by atoms with Gasteiger partial charge in [-0.1, -0.05) is 0 Å². The number of aromatic nitrogens is 1. The number of rotatable bonds is 5. The Hall–Kier alpha value is -2.80. The van der Waals surface area contributed by atoms with Crippen LogP contribution in [-0.2, 0) is 4.79 Å². The fourth-order valence-electron chi connectivity index (χ4n) is 4.92. The molecule has 1 aliphatic heterocycles. The van der Waals surface area contributed by atoms with E-state index in [1.807, 2.05) is 0 Å². The first-order valence-electron chi connectivity index (χ1n) is 10.8. The summed E-state index contributed by atoms with van der Waals surface area (Å²) in [5, 5.41) is 6.75. The number of amides is 1. The SMILES string of the molecule is O=C(NCC1CC(c2c(-c3ccc(F)cc3)[nH]c3c(F)cc(F)cc23)C1)[C@H]1CCCN1. The van der Waals surface area contributed by atoms with Crippen LogP contribution < -0.4 is 10.6 Å². The van der Waals surface area contributed by atoms with Gasteiger partial charge >= 0.3 is 0 Å². The smallest absolute Gasteiger partial charge is 0.237 e. The van der Waals surface area contributed by atoms with Gasteiger partial charge in [-0.2, -0.15) is 0 Å². The normalized spacial score (nSPS) is 23.1. The van der Waals surface area contributed by atoms with Crippen molar-refractivity contribution in [1.29, 1.82) is 0 Å². The number of nitrogens with one attached hydrogen (secondary N) is 3. The first-order chi connectivity index (χ1) is 15.0. The average molecular weight is 427 g/mol. The summed E-state index contributed by atoms with van der Waals surface area (Å²) in [6, 6.07) is 8.13. The van der Waals surface area contributed by atoms with Crippen molar-refractivity contribution in [3.8, 4) is 11.3 Å². The lowest BCUT2D eigenvalue weighted by Gasteiger charge is -2.36. The highest BCUT2D eigenvalue weighted by atomic mass is 19.1. The number of carbonyl (C=O) groups is 1. The standard InChI is InChI=1S/C24H24F3N3O/c25-16-5-3-14(4-6-16)22-21(18-10-17(26)11-19(27)23(18)30-22)15-8-13(9-15)12-29-24(31)20-2-1-7-28-20/h3-6,10-11,13,15,20,28,30H,1-2,7-9,12H2,(H,29,31)/t13?,15?,20-/m1/s1. The summed E-state index contributed by atoms with van der Waals surface area (Å²) in [4.78, 5) is 15.3. The van der Waals surface area contributed by atoms with Crippen LogP contribution >= 0.6 is 0 Å². The Bertz CT molecular complexity index is 1110. The molecule has 1 aromatic heterocycles. The fraction of sp³-hybridized carbons (Fsp3) is 0.375. The van der Waals surface area contributed by atoms with Crippen molar-refractivity contribution in [3.63, 3.8) is 0 Å². The predicted octanol–water partition coefficient (Wildman–Crippen LogP) is 4.61. The fourth-order valence-corrected chi connectivity index (χ4v) is 4.92. The van der Waals surface area contributed by atoms with E-state index in [9.17, 15) is 18.0 Å². The summed E-state index contributed by atoms with van der Waals surface area (Å²) in [5.74, 6) is -1.14. The molecular weight excluding hydrogens is 403 g/mol. The molecule has 2 fully saturated rings. The Kier molecular flexibility index (Phi) is 5.22. The molecule has 7 heteroatoms. The van der Waals surface area contributed by atoms with E-state index >= 15 is 0 Å². The van der Waals surface area contributed by atoms with E-state index in [0.717, 1.165) is 49.4 Å². The lowest BCUT2D eigenvalue weighted by atomic mass is 9.70. The summed E-state index contributed by atoms with van der Waals surface area (Å²) in [7, 11) is 0. The average Bonchev–Trinajstić information content (AvgIpc) is 3.36. The zero-order valence-electron chi connectivity index (χ0n) is 17.0. The van der Waals surface area contributed by atoms with Crippen molar-refractivity contribution in [3.05, 3.63) is 59.4 Å². The van der Waals surface area contributed by atoms with Gasteiger partial charge in [-0.25, -0.2) is 13.2 Å². The Morgan fingerprint density at radius 3 is 2.55 bits per heavy atom. The van der Waals surface area contributed by atoms with E-state index in [0.29, 0.717) is 23.5 Å². The molecule has 2 aliphatic rings.